The Labute approximate surface area is 121 Å². The van der Waals surface area contributed by atoms with Crippen LogP contribution in [0.25, 0.3) is 0 Å². The Bertz CT molecular complexity index is 525. The molecule has 0 spiro atoms. The van der Waals surface area contributed by atoms with Crippen LogP contribution in [0.2, 0.25) is 0 Å². The Morgan fingerprint density at radius 2 is 2.00 bits per heavy atom. The molecule has 0 aromatic heterocycles. The molecular weight excluding hydrogens is 306 g/mol. The summed E-state index contributed by atoms with van der Waals surface area (Å²) in [6, 6.07) is 6.07. The van der Waals surface area contributed by atoms with E-state index < -0.39 is 0 Å². The van der Waals surface area contributed by atoms with Crippen LogP contribution in [0.5, 0.6) is 0 Å². The van der Waals surface area contributed by atoms with Crippen LogP contribution in [-0.2, 0) is 9.59 Å². The second kappa shape index (κ2) is 5.45. The van der Waals surface area contributed by atoms with Gasteiger partial charge in [-0.05, 0) is 30.0 Å². The predicted octanol–water partition coefficient (Wildman–Crippen LogP) is 3.16. The standard InChI is InChI=1S/C15H18BrNO2/c1-8(2)14-11(7-13(18)17-15(14)19)10-5-4-9(3)12(16)6-10/h4-6,8,11,14H,7H2,1-3H3,(H,17,18,19). The third-order valence-corrected chi connectivity index (χ3v) is 4.60. The molecule has 2 unspecified atom stereocenters. The zero-order valence-corrected chi connectivity index (χ0v) is 13.0. The second-order valence-electron chi connectivity index (χ2n) is 5.50. The van der Waals surface area contributed by atoms with E-state index in [1.807, 2.05) is 39.0 Å². The van der Waals surface area contributed by atoms with Gasteiger partial charge in [0, 0.05) is 22.7 Å². The number of amides is 2. The van der Waals surface area contributed by atoms with Gasteiger partial charge in [-0.15, -0.1) is 0 Å². The summed E-state index contributed by atoms with van der Waals surface area (Å²) < 4.78 is 1.02. The van der Waals surface area contributed by atoms with Crippen molar-refractivity contribution in [3.63, 3.8) is 0 Å². The molecule has 4 heteroatoms. The molecule has 1 aromatic carbocycles. The molecule has 0 radical (unpaired) electrons. The van der Waals surface area contributed by atoms with E-state index in [4.69, 9.17) is 0 Å². The van der Waals surface area contributed by atoms with Crippen molar-refractivity contribution in [1.29, 1.82) is 0 Å². The van der Waals surface area contributed by atoms with E-state index in [-0.39, 0.29) is 29.6 Å². The number of hydrogen-bond donors (Lipinski definition) is 1. The molecule has 1 aliphatic heterocycles. The minimum atomic E-state index is -0.177. The van der Waals surface area contributed by atoms with Crippen molar-refractivity contribution in [2.75, 3.05) is 0 Å². The Morgan fingerprint density at radius 3 is 2.58 bits per heavy atom. The highest BCUT2D eigenvalue weighted by atomic mass is 79.9. The molecule has 1 saturated heterocycles. The molecule has 0 bridgehead atoms. The van der Waals surface area contributed by atoms with Gasteiger partial charge in [0.2, 0.25) is 11.8 Å². The topological polar surface area (TPSA) is 46.2 Å². The van der Waals surface area contributed by atoms with E-state index in [9.17, 15) is 9.59 Å². The molecule has 2 rings (SSSR count). The Kier molecular flexibility index (Phi) is 4.09. The lowest BCUT2D eigenvalue weighted by molar-refractivity contribution is -0.138. The first kappa shape index (κ1) is 14.3. The van der Waals surface area contributed by atoms with E-state index in [1.165, 1.54) is 0 Å². The van der Waals surface area contributed by atoms with Gasteiger partial charge in [0.15, 0.2) is 0 Å². The van der Waals surface area contributed by atoms with E-state index in [0.717, 1.165) is 15.6 Å². The van der Waals surface area contributed by atoms with Crippen molar-refractivity contribution in [2.24, 2.45) is 11.8 Å². The average Bonchev–Trinajstić information content (AvgIpc) is 2.31. The summed E-state index contributed by atoms with van der Waals surface area (Å²) in [5, 5.41) is 2.45. The maximum Gasteiger partial charge on any atom is 0.230 e. The highest BCUT2D eigenvalue weighted by Gasteiger charge is 2.38. The Morgan fingerprint density at radius 1 is 1.32 bits per heavy atom. The van der Waals surface area contributed by atoms with Gasteiger partial charge in [-0.3, -0.25) is 14.9 Å². The lowest BCUT2D eigenvalue weighted by Crippen LogP contribution is -2.46. The summed E-state index contributed by atoms with van der Waals surface area (Å²) in [6.07, 6.45) is 0.379. The van der Waals surface area contributed by atoms with E-state index in [2.05, 4.69) is 21.2 Å². The summed E-state index contributed by atoms with van der Waals surface area (Å²) in [7, 11) is 0. The van der Waals surface area contributed by atoms with Gasteiger partial charge in [0.05, 0.1) is 0 Å². The average molecular weight is 324 g/mol. The monoisotopic (exact) mass is 323 g/mol. The van der Waals surface area contributed by atoms with Gasteiger partial charge in [-0.2, -0.15) is 0 Å². The van der Waals surface area contributed by atoms with Crippen LogP contribution in [-0.4, -0.2) is 11.8 Å². The number of halogens is 1. The fourth-order valence-electron chi connectivity index (χ4n) is 2.71. The fourth-order valence-corrected chi connectivity index (χ4v) is 3.11. The van der Waals surface area contributed by atoms with Crippen LogP contribution in [0.4, 0.5) is 0 Å². The lowest BCUT2D eigenvalue weighted by atomic mass is 9.74. The number of piperidine rings is 1. The molecule has 2 amide bonds. The number of benzene rings is 1. The van der Waals surface area contributed by atoms with Crippen LogP contribution in [0.3, 0.4) is 0 Å². The summed E-state index contributed by atoms with van der Waals surface area (Å²) in [6.45, 7) is 6.07. The zero-order chi connectivity index (χ0) is 14.2. The Hall–Kier alpha value is -1.16. The summed E-state index contributed by atoms with van der Waals surface area (Å²) >= 11 is 3.51. The smallest absolute Gasteiger partial charge is 0.230 e. The van der Waals surface area contributed by atoms with Gasteiger partial charge in [-0.1, -0.05) is 41.9 Å². The van der Waals surface area contributed by atoms with Crippen LogP contribution < -0.4 is 5.32 Å². The normalized spacial score (nSPS) is 23.6. The Balaban J connectivity index is 2.40. The minimum Gasteiger partial charge on any atom is -0.296 e. The van der Waals surface area contributed by atoms with Crippen molar-refractivity contribution in [2.45, 2.75) is 33.1 Å². The number of nitrogens with one attached hydrogen (secondary N) is 1. The minimum absolute atomic E-state index is 0.0295. The second-order valence-corrected chi connectivity index (χ2v) is 6.36. The molecule has 102 valence electrons. The zero-order valence-electron chi connectivity index (χ0n) is 11.4. The molecule has 3 nitrogen and oxygen atoms in total. The molecule has 1 aromatic rings. The molecule has 2 atom stereocenters. The molecule has 1 heterocycles. The SMILES string of the molecule is Cc1ccc(C2CC(=O)NC(=O)C2C(C)C)cc1Br. The number of rotatable bonds is 2. The summed E-state index contributed by atoms with van der Waals surface area (Å²) in [4.78, 5) is 23.7. The van der Waals surface area contributed by atoms with Gasteiger partial charge in [0.1, 0.15) is 0 Å². The first-order chi connectivity index (χ1) is 8.90. The van der Waals surface area contributed by atoms with Crippen LogP contribution >= 0.6 is 15.9 Å². The third-order valence-electron chi connectivity index (χ3n) is 3.75. The summed E-state index contributed by atoms with van der Waals surface area (Å²) in [5.41, 5.74) is 2.20. The van der Waals surface area contributed by atoms with Gasteiger partial charge >= 0.3 is 0 Å². The third kappa shape index (κ3) is 2.89. The van der Waals surface area contributed by atoms with E-state index in [0.29, 0.717) is 6.42 Å². The first-order valence-electron chi connectivity index (χ1n) is 6.50. The van der Waals surface area contributed by atoms with Crippen molar-refractivity contribution in [3.05, 3.63) is 33.8 Å². The van der Waals surface area contributed by atoms with Gasteiger partial charge in [0.25, 0.3) is 0 Å². The van der Waals surface area contributed by atoms with Crippen molar-refractivity contribution >= 4 is 27.7 Å². The highest BCUT2D eigenvalue weighted by Crippen LogP contribution is 2.37. The van der Waals surface area contributed by atoms with E-state index in [1.54, 1.807) is 0 Å². The number of hydrogen-bond acceptors (Lipinski definition) is 2. The summed E-state index contributed by atoms with van der Waals surface area (Å²) in [5.74, 6) is -0.292. The molecule has 1 fully saturated rings. The maximum atomic E-state index is 12.0. The largest absolute Gasteiger partial charge is 0.296 e. The molecular formula is C15H18BrNO2. The number of imide groups is 1. The highest BCUT2D eigenvalue weighted by molar-refractivity contribution is 9.10. The van der Waals surface area contributed by atoms with Crippen LogP contribution in [0.1, 0.15) is 37.3 Å². The lowest BCUT2D eigenvalue weighted by Gasteiger charge is -2.33. The van der Waals surface area contributed by atoms with Crippen molar-refractivity contribution in [1.82, 2.24) is 5.32 Å². The first-order valence-corrected chi connectivity index (χ1v) is 7.29. The van der Waals surface area contributed by atoms with E-state index >= 15 is 0 Å². The van der Waals surface area contributed by atoms with Gasteiger partial charge in [-0.25, -0.2) is 0 Å². The van der Waals surface area contributed by atoms with Crippen LogP contribution in [0, 0.1) is 18.8 Å². The number of carbonyl (C=O) groups is 2. The maximum absolute atomic E-state index is 12.0. The number of aryl methyl sites for hydroxylation is 1. The molecule has 1 N–H and O–H groups in total. The van der Waals surface area contributed by atoms with Crippen molar-refractivity contribution in [3.8, 4) is 0 Å². The number of carbonyl (C=O) groups excluding carboxylic acids is 2. The van der Waals surface area contributed by atoms with Crippen molar-refractivity contribution < 1.29 is 9.59 Å². The van der Waals surface area contributed by atoms with Gasteiger partial charge < -0.3 is 0 Å². The molecule has 0 aliphatic carbocycles. The molecule has 19 heavy (non-hydrogen) atoms. The molecule has 0 saturated carbocycles. The quantitative estimate of drug-likeness (QED) is 0.850. The predicted molar refractivity (Wildman–Crippen MR) is 77.7 cm³/mol. The molecule has 1 aliphatic rings. The van der Waals surface area contributed by atoms with Crippen LogP contribution in [0.15, 0.2) is 22.7 Å². The fraction of sp³-hybridized carbons (Fsp3) is 0.467.